The normalized spacial score (nSPS) is 39.9. The Labute approximate surface area is 108 Å². The van der Waals surface area contributed by atoms with Gasteiger partial charge in [0.25, 0.3) is 0 Å². The highest BCUT2D eigenvalue weighted by Gasteiger charge is 2.52. The zero-order chi connectivity index (χ0) is 12.5. The molecule has 0 saturated heterocycles. The Hall–Kier alpha value is -1.09. The van der Waals surface area contributed by atoms with E-state index in [1.807, 2.05) is 0 Å². The van der Waals surface area contributed by atoms with Crippen LogP contribution in [-0.2, 0) is 14.3 Å². The van der Waals surface area contributed by atoms with Gasteiger partial charge in [-0.25, -0.2) is 4.79 Å². The highest BCUT2D eigenvalue weighted by atomic mass is 16.6. The Morgan fingerprint density at radius 2 is 2.22 bits per heavy atom. The van der Waals surface area contributed by atoms with Crippen molar-refractivity contribution in [1.29, 1.82) is 0 Å². The summed E-state index contributed by atoms with van der Waals surface area (Å²) in [5.41, 5.74) is 0. The van der Waals surface area contributed by atoms with Gasteiger partial charge in [0.2, 0.25) is 0 Å². The van der Waals surface area contributed by atoms with E-state index in [1.54, 1.807) is 0 Å². The van der Waals surface area contributed by atoms with Crippen LogP contribution in [0.25, 0.3) is 0 Å². The Morgan fingerprint density at radius 1 is 1.33 bits per heavy atom. The molecular formula is C15H20O3. The van der Waals surface area contributed by atoms with Crippen LogP contribution in [0.15, 0.2) is 24.8 Å². The second kappa shape index (κ2) is 4.88. The topological polar surface area (TPSA) is 35.5 Å². The van der Waals surface area contributed by atoms with E-state index in [1.165, 1.54) is 25.3 Å². The second-order valence-electron chi connectivity index (χ2n) is 5.58. The van der Waals surface area contributed by atoms with Gasteiger partial charge in [0.1, 0.15) is 6.61 Å². The fourth-order valence-corrected chi connectivity index (χ4v) is 4.09. The quantitative estimate of drug-likeness (QED) is 0.324. The number of hydrogen-bond acceptors (Lipinski definition) is 3. The minimum absolute atomic E-state index is 0.338. The van der Waals surface area contributed by atoms with Gasteiger partial charge in [0.15, 0.2) is 0 Å². The van der Waals surface area contributed by atoms with Gasteiger partial charge in [-0.2, -0.15) is 0 Å². The van der Waals surface area contributed by atoms with E-state index < -0.39 is 0 Å². The van der Waals surface area contributed by atoms with Gasteiger partial charge in [-0.3, -0.25) is 0 Å². The molecule has 2 fully saturated rings. The Morgan fingerprint density at radius 3 is 3.06 bits per heavy atom. The fourth-order valence-electron chi connectivity index (χ4n) is 4.09. The lowest BCUT2D eigenvalue weighted by Crippen LogP contribution is -2.31. The molecule has 0 spiro atoms. The van der Waals surface area contributed by atoms with Gasteiger partial charge in [-0.1, -0.05) is 18.7 Å². The lowest BCUT2D eigenvalue weighted by Gasteiger charge is -2.31. The van der Waals surface area contributed by atoms with Crippen molar-refractivity contribution in [2.45, 2.75) is 25.4 Å². The van der Waals surface area contributed by atoms with Crippen LogP contribution in [0.1, 0.15) is 19.3 Å². The molecule has 0 amide bonds. The van der Waals surface area contributed by atoms with Crippen LogP contribution >= 0.6 is 0 Å². The van der Waals surface area contributed by atoms with Crippen LogP contribution in [-0.4, -0.2) is 25.3 Å². The van der Waals surface area contributed by atoms with Crippen LogP contribution in [0.5, 0.6) is 0 Å². The minimum atomic E-state index is -0.369. The predicted octanol–water partition coefficient (Wildman–Crippen LogP) is 2.33. The Kier molecular flexibility index (Phi) is 3.25. The van der Waals surface area contributed by atoms with Gasteiger partial charge in [-0.15, -0.1) is 0 Å². The van der Waals surface area contributed by atoms with E-state index in [2.05, 4.69) is 18.7 Å². The first kappa shape index (κ1) is 12.0. The van der Waals surface area contributed by atoms with E-state index in [-0.39, 0.29) is 5.97 Å². The van der Waals surface area contributed by atoms with E-state index in [4.69, 9.17) is 9.47 Å². The second-order valence-corrected chi connectivity index (χ2v) is 5.58. The van der Waals surface area contributed by atoms with Crippen LogP contribution in [0.3, 0.4) is 0 Å². The SMILES string of the molecule is C=CC(=O)OCCO[C@@H]1C[C@H]2C[C@H]1[C@@H]1CC=C[C@@H]21. The largest absolute Gasteiger partial charge is 0.460 e. The number of carbonyl (C=O) groups excluding carboxylic acids is 1. The summed E-state index contributed by atoms with van der Waals surface area (Å²) in [4.78, 5) is 10.9. The summed E-state index contributed by atoms with van der Waals surface area (Å²) in [6, 6.07) is 0. The summed E-state index contributed by atoms with van der Waals surface area (Å²) in [7, 11) is 0. The van der Waals surface area contributed by atoms with Crippen molar-refractivity contribution >= 4 is 5.97 Å². The number of fused-ring (bicyclic) bond motifs is 5. The number of hydrogen-bond donors (Lipinski definition) is 0. The summed E-state index contributed by atoms with van der Waals surface area (Å²) in [5.74, 6) is 2.84. The summed E-state index contributed by atoms with van der Waals surface area (Å²) in [6.07, 6.45) is 10.1. The lowest BCUT2D eigenvalue weighted by molar-refractivity contribution is -0.140. The number of rotatable bonds is 5. The molecule has 2 saturated carbocycles. The average molecular weight is 248 g/mol. The third-order valence-electron chi connectivity index (χ3n) is 4.77. The zero-order valence-corrected chi connectivity index (χ0v) is 10.6. The molecule has 3 aliphatic carbocycles. The maximum absolute atomic E-state index is 10.9. The minimum Gasteiger partial charge on any atom is -0.460 e. The standard InChI is InChI=1S/C15H20O3/c1-2-15(16)18-7-6-17-14-9-10-8-13(14)12-5-3-4-11(10)12/h2-4,10-14H,1,5-9H2/t10-,11+,12-,13+,14-/m1/s1. The van der Waals surface area contributed by atoms with Crippen molar-refractivity contribution in [3.05, 3.63) is 24.8 Å². The zero-order valence-electron chi connectivity index (χ0n) is 10.6. The van der Waals surface area contributed by atoms with Crippen LogP contribution < -0.4 is 0 Å². The maximum atomic E-state index is 10.9. The number of ether oxygens (including phenoxy) is 2. The molecule has 3 rings (SSSR count). The molecule has 0 heterocycles. The maximum Gasteiger partial charge on any atom is 0.330 e. The molecule has 0 N–H and O–H groups in total. The number of esters is 1. The molecule has 0 radical (unpaired) electrons. The predicted molar refractivity (Wildman–Crippen MR) is 67.8 cm³/mol. The van der Waals surface area contributed by atoms with Gasteiger partial charge >= 0.3 is 5.97 Å². The molecule has 3 heteroatoms. The molecule has 5 atom stereocenters. The average Bonchev–Trinajstić information content (AvgIpc) is 3.05. The molecule has 0 aromatic heterocycles. The molecule has 0 aliphatic heterocycles. The van der Waals surface area contributed by atoms with E-state index >= 15 is 0 Å². The third kappa shape index (κ3) is 2.01. The summed E-state index contributed by atoms with van der Waals surface area (Å²) in [6.45, 7) is 4.21. The lowest BCUT2D eigenvalue weighted by atomic mass is 9.80. The molecule has 18 heavy (non-hydrogen) atoms. The first-order valence-corrected chi connectivity index (χ1v) is 6.87. The third-order valence-corrected chi connectivity index (χ3v) is 4.77. The Balaban J connectivity index is 1.43. The molecule has 0 aromatic carbocycles. The highest BCUT2D eigenvalue weighted by molar-refractivity contribution is 5.81. The number of allylic oxidation sites excluding steroid dienone is 2. The van der Waals surface area contributed by atoms with E-state index in [9.17, 15) is 4.79 Å². The van der Waals surface area contributed by atoms with Gasteiger partial charge in [0, 0.05) is 6.08 Å². The smallest absolute Gasteiger partial charge is 0.330 e. The summed E-state index contributed by atoms with van der Waals surface area (Å²) >= 11 is 0. The van der Waals surface area contributed by atoms with Crippen molar-refractivity contribution in [2.75, 3.05) is 13.2 Å². The molecule has 2 bridgehead atoms. The van der Waals surface area contributed by atoms with Crippen molar-refractivity contribution in [3.63, 3.8) is 0 Å². The molecule has 0 aromatic rings. The first-order valence-electron chi connectivity index (χ1n) is 6.87. The van der Waals surface area contributed by atoms with Crippen LogP contribution in [0.2, 0.25) is 0 Å². The number of carbonyl (C=O) groups is 1. The fraction of sp³-hybridized carbons (Fsp3) is 0.667. The van der Waals surface area contributed by atoms with Gasteiger partial charge < -0.3 is 9.47 Å². The van der Waals surface area contributed by atoms with E-state index in [0.29, 0.717) is 19.3 Å². The molecule has 0 unspecified atom stereocenters. The van der Waals surface area contributed by atoms with Crippen molar-refractivity contribution in [2.24, 2.45) is 23.7 Å². The Bertz CT molecular complexity index is 374. The van der Waals surface area contributed by atoms with Crippen LogP contribution in [0, 0.1) is 23.7 Å². The summed E-state index contributed by atoms with van der Waals surface area (Å²) in [5, 5.41) is 0. The first-order chi connectivity index (χ1) is 8.79. The van der Waals surface area contributed by atoms with Crippen molar-refractivity contribution in [1.82, 2.24) is 0 Å². The van der Waals surface area contributed by atoms with Gasteiger partial charge in [0.05, 0.1) is 12.7 Å². The van der Waals surface area contributed by atoms with Crippen molar-refractivity contribution in [3.8, 4) is 0 Å². The van der Waals surface area contributed by atoms with E-state index in [0.717, 1.165) is 23.7 Å². The molecular weight excluding hydrogens is 228 g/mol. The molecule has 98 valence electrons. The summed E-state index contributed by atoms with van der Waals surface area (Å²) < 4.78 is 10.8. The monoisotopic (exact) mass is 248 g/mol. The van der Waals surface area contributed by atoms with Crippen LogP contribution in [0.4, 0.5) is 0 Å². The van der Waals surface area contributed by atoms with Crippen molar-refractivity contribution < 1.29 is 14.3 Å². The van der Waals surface area contributed by atoms with Gasteiger partial charge in [-0.05, 0) is 42.9 Å². The molecule has 3 aliphatic rings. The molecule has 3 nitrogen and oxygen atoms in total. The highest BCUT2D eigenvalue weighted by Crippen LogP contribution is 2.57.